The predicted octanol–water partition coefficient (Wildman–Crippen LogP) is 6.25. The summed E-state index contributed by atoms with van der Waals surface area (Å²) in [6.07, 6.45) is -2.05. The van der Waals surface area contributed by atoms with Gasteiger partial charge >= 0.3 is 6.18 Å². The second kappa shape index (κ2) is 9.44. The Hall–Kier alpha value is -2.32. The number of rotatable bonds is 6. The molecule has 0 saturated carbocycles. The number of carbonyl (C=O) groups excluding carboxylic acids is 1. The van der Waals surface area contributed by atoms with Crippen LogP contribution in [0.3, 0.4) is 0 Å². The maximum atomic E-state index is 13.6. The summed E-state index contributed by atoms with van der Waals surface area (Å²) in [5.41, 5.74) is 4.37. The maximum Gasteiger partial charge on any atom is 0.399 e. The number of carbonyl (C=O) groups is 1. The number of nitrogens with one attached hydrogen (secondary N) is 1. The van der Waals surface area contributed by atoms with Crippen molar-refractivity contribution >= 4 is 40.9 Å². The number of hydrazine groups is 1. The van der Waals surface area contributed by atoms with Crippen molar-refractivity contribution in [3.8, 4) is 0 Å². The highest BCUT2D eigenvalue weighted by atomic mass is 35.5. The van der Waals surface area contributed by atoms with Crippen molar-refractivity contribution in [2.24, 2.45) is 0 Å². The van der Waals surface area contributed by atoms with E-state index in [1.54, 1.807) is 23.2 Å². The van der Waals surface area contributed by atoms with E-state index in [1.165, 1.54) is 6.08 Å². The van der Waals surface area contributed by atoms with Gasteiger partial charge in [0.25, 0.3) is 0 Å². The Balaban J connectivity index is 1.83. The first-order chi connectivity index (χ1) is 14.6. The zero-order chi connectivity index (χ0) is 22.8. The third kappa shape index (κ3) is 5.49. The van der Waals surface area contributed by atoms with Gasteiger partial charge in [0, 0.05) is 6.54 Å². The summed E-state index contributed by atoms with van der Waals surface area (Å²) < 4.78 is 66.7. The number of allylic oxidation sites excluding steroid dienone is 1. The van der Waals surface area contributed by atoms with Gasteiger partial charge in [0.05, 0.1) is 34.7 Å². The van der Waals surface area contributed by atoms with Crippen molar-refractivity contribution in [1.82, 2.24) is 5.43 Å². The molecule has 31 heavy (non-hydrogen) atoms. The summed E-state index contributed by atoms with van der Waals surface area (Å²) in [5.74, 6) is -3.46. The lowest BCUT2D eigenvalue weighted by Crippen LogP contribution is -2.41. The number of amides is 1. The van der Waals surface area contributed by atoms with Gasteiger partial charge in [-0.2, -0.15) is 13.2 Å². The molecule has 1 amide bonds. The van der Waals surface area contributed by atoms with Gasteiger partial charge in [0.2, 0.25) is 5.91 Å². The summed E-state index contributed by atoms with van der Waals surface area (Å²) in [5, 5.41) is 0.608. The number of hydrogen-bond acceptors (Lipinski definition) is 2. The zero-order valence-electron chi connectivity index (χ0n) is 15.9. The van der Waals surface area contributed by atoms with Gasteiger partial charge in [-0.05, 0) is 47.4 Å². The Morgan fingerprint density at radius 2 is 1.87 bits per heavy atom. The van der Waals surface area contributed by atoms with Crippen LogP contribution in [0, 0.1) is 5.82 Å². The van der Waals surface area contributed by atoms with Gasteiger partial charge in [-0.3, -0.25) is 19.6 Å². The minimum Gasteiger partial charge on any atom is -0.285 e. The highest BCUT2D eigenvalue weighted by Gasteiger charge is 2.39. The van der Waals surface area contributed by atoms with Crippen LogP contribution >= 0.6 is 23.2 Å². The molecule has 1 aliphatic heterocycles. The third-order valence-electron chi connectivity index (χ3n) is 4.78. The van der Waals surface area contributed by atoms with E-state index in [-0.39, 0.29) is 12.0 Å². The van der Waals surface area contributed by atoms with Gasteiger partial charge in [-0.1, -0.05) is 41.4 Å². The van der Waals surface area contributed by atoms with Crippen LogP contribution in [-0.4, -0.2) is 25.3 Å². The average molecular weight is 479 g/mol. The molecule has 0 aromatic heterocycles. The van der Waals surface area contributed by atoms with Crippen molar-refractivity contribution in [2.45, 2.75) is 24.9 Å². The van der Waals surface area contributed by atoms with Gasteiger partial charge in [-0.15, -0.1) is 0 Å². The first-order valence-corrected chi connectivity index (χ1v) is 10.0. The predicted molar refractivity (Wildman–Crippen MR) is 110 cm³/mol. The van der Waals surface area contributed by atoms with E-state index in [0.29, 0.717) is 24.2 Å². The highest BCUT2D eigenvalue weighted by molar-refractivity contribution is 6.35. The molecular weight excluding hydrogens is 462 g/mol. The molecule has 3 nitrogen and oxygen atoms in total. The molecule has 3 rings (SSSR count). The number of benzene rings is 2. The molecular formula is C21H17Cl2F5N2O. The third-order valence-corrected chi connectivity index (χ3v) is 5.33. The molecule has 1 unspecified atom stereocenters. The number of anilines is 1. The van der Waals surface area contributed by atoms with Crippen molar-refractivity contribution in [2.75, 3.05) is 18.2 Å². The van der Waals surface area contributed by atoms with Gasteiger partial charge in [0.1, 0.15) is 0 Å². The van der Waals surface area contributed by atoms with E-state index in [4.69, 9.17) is 23.2 Å². The van der Waals surface area contributed by atoms with Gasteiger partial charge < -0.3 is 0 Å². The van der Waals surface area contributed by atoms with Gasteiger partial charge in [-0.25, -0.2) is 4.39 Å². The SMILES string of the molecule is O=C(CCF)NN1CCc2cc(/C=C/C(c3cc(Cl)c(F)c(Cl)c3)C(F)(F)F)ccc21. The Kier molecular flexibility index (Phi) is 7.11. The number of nitrogens with zero attached hydrogens (tertiary/aromatic N) is 1. The molecule has 1 aliphatic rings. The maximum absolute atomic E-state index is 13.6. The van der Waals surface area contributed by atoms with Crippen molar-refractivity contribution in [3.05, 3.63) is 69.0 Å². The fourth-order valence-corrected chi connectivity index (χ4v) is 3.81. The first-order valence-electron chi connectivity index (χ1n) is 9.25. The van der Waals surface area contributed by atoms with E-state index in [2.05, 4.69) is 5.43 Å². The molecule has 0 spiro atoms. The Bertz CT molecular complexity index is 987. The Morgan fingerprint density at radius 3 is 2.48 bits per heavy atom. The number of halogens is 7. The van der Waals surface area contributed by atoms with Crippen LogP contribution in [-0.2, 0) is 11.2 Å². The van der Waals surface area contributed by atoms with Crippen LogP contribution in [0.15, 0.2) is 36.4 Å². The summed E-state index contributed by atoms with van der Waals surface area (Å²) in [4.78, 5) is 11.6. The quantitative estimate of drug-likeness (QED) is 0.393. The summed E-state index contributed by atoms with van der Waals surface area (Å²) in [6.45, 7) is -0.292. The highest BCUT2D eigenvalue weighted by Crippen LogP contribution is 2.39. The number of alkyl halides is 4. The zero-order valence-corrected chi connectivity index (χ0v) is 17.5. The second-order valence-electron chi connectivity index (χ2n) is 6.94. The van der Waals surface area contributed by atoms with E-state index < -0.39 is 40.5 Å². The summed E-state index contributed by atoms with van der Waals surface area (Å²) in [6, 6.07) is 6.81. The lowest BCUT2D eigenvalue weighted by atomic mass is 9.96. The van der Waals surface area contributed by atoms with E-state index in [0.717, 1.165) is 23.8 Å². The molecule has 166 valence electrons. The number of hydrogen-bond donors (Lipinski definition) is 1. The van der Waals surface area contributed by atoms with E-state index >= 15 is 0 Å². The minimum absolute atomic E-state index is 0.247. The first kappa shape index (κ1) is 23.3. The van der Waals surface area contributed by atoms with Crippen molar-refractivity contribution < 1.29 is 26.7 Å². The lowest BCUT2D eigenvalue weighted by molar-refractivity contribution is -0.139. The molecule has 2 aromatic carbocycles. The molecule has 1 atom stereocenters. The van der Waals surface area contributed by atoms with E-state index in [9.17, 15) is 26.7 Å². The molecule has 10 heteroatoms. The van der Waals surface area contributed by atoms with E-state index in [1.807, 2.05) is 0 Å². The lowest BCUT2D eigenvalue weighted by Gasteiger charge is -2.20. The largest absolute Gasteiger partial charge is 0.399 e. The molecule has 0 aliphatic carbocycles. The fraction of sp³-hybridized carbons (Fsp3) is 0.286. The monoisotopic (exact) mass is 478 g/mol. The van der Waals surface area contributed by atoms with Gasteiger partial charge in [0.15, 0.2) is 5.82 Å². The molecule has 2 aromatic rings. The van der Waals surface area contributed by atoms with Crippen LogP contribution in [0.5, 0.6) is 0 Å². The van der Waals surface area contributed by atoms with Crippen LogP contribution in [0.4, 0.5) is 27.6 Å². The molecule has 0 fully saturated rings. The molecule has 0 bridgehead atoms. The molecule has 0 saturated heterocycles. The molecule has 1 heterocycles. The normalized spacial score (nSPS) is 14.7. The average Bonchev–Trinajstić information content (AvgIpc) is 3.07. The Morgan fingerprint density at radius 1 is 1.19 bits per heavy atom. The summed E-state index contributed by atoms with van der Waals surface area (Å²) in [7, 11) is 0. The van der Waals surface area contributed by atoms with Crippen LogP contribution < -0.4 is 10.4 Å². The molecule has 0 radical (unpaired) electrons. The van der Waals surface area contributed by atoms with Crippen LogP contribution in [0.25, 0.3) is 6.08 Å². The van der Waals surface area contributed by atoms with Crippen LogP contribution in [0.1, 0.15) is 29.0 Å². The van der Waals surface area contributed by atoms with Crippen LogP contribution in [0.2, 0.25) is 10.0 Å². The number of fused-ring (bicyclic) bond motifs is 1. The standard InChI is InChI=1S/C21H17Cl2F5N2O/c22-16-10-14(11-17(23)20(16)25)15(21(26,27)28)3-1-12-2-4-18-13(9-12)6-8-30(18)29-19(31)5-7-24/h1-4,9-11,15H,5-8H2,(H,29,31)/b3-1+. The van der Waals surface area contributed by atoms with Crippen molar-refractivity contribution in [3.63, 3.8) is 0 Å². The summed E-state index contributed by atoms with van der Waals surface area (Å²) >= 11 is 11.3. The topological polar surface area (TPSA) is 32.3 Å². The Labute approximate surface area is 185 Å². The smallest absolute Gasteiger partial charge is 0.285 e. The fourth-order valence-electron chi connectivity index (χ4n) is 3.30. The minimum atomic E-state index is -4.64. The van der Waals surface area contributed by atoms with Crippen molar-refractivity contribution in [1.29, 1.82) is 0 Å². The molecule has 1 N–H and O–H groups in total. The second-order valence-corrected chi connectivity index (χ2v) is 7.76.